The Hall–Kier alpha value is -1.10. The first-order chi connectivity index (χ1) is 9.76. The summed E-state index contributed by atoms with van der Waals surface area (Å²) < 4.78 is 11.0. The van der Waals surface area contributed by atoms with Gasteiger partial charge in [-0.2, -0.15) is 0 Å². The van der Waals surface area contributed by atoms with Crippen LogP contribution in [0.3, 0.4) is 0 Å². The third-order valence-corrected chi connectivity index (χ3v) is 3.91. The topological polar surface area (TPSA) is 47.7 Å². The minimum absolute atomic E-state index is 0.451. The Kier molecular flexibility index (Phi) is 5.83. The fourth-order valence-electron chi connectivity index (χ4n) is 2.82. The molecule has 0 bridgehead atoms. The number of likely N-dealkylation sites (tertiary alicyclic amines) is 1. The fraction of sp³-hybridized carbons (Fsp3) is 0.625. The summed E-state index contributed by atoms with van der Waals surface area (Å²) in [6, 6.07) is 6.31. The van der Waals surface area contributed by atoms with Gasteiger partial charge in [-0.1, -0.05) is 6.07 Å². The largest absolute Gasteiger partial charge is 0.496 e. The van der Waals surface area contributed by atoms with E-state index in [1.807, 2.05) is 6.07 Å². The third kappa shape index (κ3) is 3.95. The molecule has 1 heterocycles. The van der Waals surface area contributed by atoms with Crippen LogP contribution in [-0.4, -0.2) is 37.8 Å². The monoisotopic (exact) mass is 278 g/mol. The minimum Gasteiger partial charge on any atom is -0.496 e. The molecule has 20 heavy (non-hydrogen) atoms. The van der Waals surface area contributed by atoms with E-state index in [0.717, 1.165) is 50.4 Å². The molecule has 112 valence electrons. The maximum absolute atomic E-state index is 5.77. The van der Waals surface area contributed by atoms with Crippen LogP contribution in [-0.2, 0) is 17.8 Å². The summed E-state index contributed by atoms with van der Waals surface area (Å²) in [4.78, 5) is 2.48. The van der Waals surface area contributed by atoms with Gasteiger partial charge in [-0.25, -0.2) is 0 Å². The van der Waals surface area contributed by atoms with Crippen molar-refractivity contribution in [1.29, 1.82) is 0 Å². The van der Waals surface area contributed by atoms with Gasteiger partial charge in [-0.15, -0.1) is 0 Å². The molecular formula is C16H26N2O2. The smallest absolute Gasteiger partial charge is 0.123 e. The highest BCUT2D eigenvalue weighted by Crippen LogP contribution is 2.22. The van der Waals surface area contributed by atoms with E-state index >= 15 is 0 Å². The summed E-state index contributed by atoms with van der Waals surface area (Å²) in [6.45, 7) is 6.60. The number of hydrogen-bond acceptors (Lipinski definition) is 4. The molecule has 0 unspecified atom stereocenters. The van der Waals surface area contributed by atoms with E-state index in [4.69, 9.17) is 15.2 Å². The van der Waals surface area contributed by atoms with E-state index in [0.29, 0.717) is 12.6 Å². The van der Waals surface area contributed by atoms with E-state index in [-0.39, 0.29) is 0 Å². The summed E-state index contributed by atoms with van der Waals surface area (Å²) in [5.74, 6) is 0.881. The van der Waals surface area contributed by atoms with Gasteiger partial charge in [0.25, 0.3) is 0 Å². The van der Waals surface area contributed by atoms with Crippen molar-refractivity contribution in [1.82, 2.24) is 4.90 Å². The van der Waals surface area contributed by atoms with Gasteiger partial charge in [-0.3, -0.25) is 4.90 Å². The van der Waals surface area contributed by atoms with Crippen LogP contribution in [0, 0.1) is 0 Å². The molecule has 2 rings (SSSR count). The maximum Gasteiger partial charge on any atom is 0.123 e. The van der Waals surface area contributed by atoms with E-state index in [9.17, 15) is 0 Å². The van der Waals surface area contributed by atoms with Crippen LogP contribution in [0.2, 0.25) is 0 Å². The van der Waals surface area contributed by atoms with E-state index in [1.165, 1.54) is 5.56 Å². The van der Waals surface area contributed by atoms with Crippen LogP contribution in [0.25, 0.3) is 0 Å². The Bertz CT molecular complexity index is 415. The number of ether oxygens (including phenoxy) is 2. The second-order valence-corrected chi connectivity index (χ2v) is 5.28. The SMILES string of the molecule is CCOC1CCN(Cc2ccc(OC)c(CN)c2)CC1. The third-order valence-electron chi connectivity index (χ3n) is 3.91. The molecule has 1 saturated heterocycles. The summed E-state index contributed by atoms with van der Waals surface area (Å²) in [5.41, 5.74) is 8.15. The summed E-state index contributed by atoms with van der Waals surface area (Å²) in [5, 5.41) is 0. The van der Waals surface area contributed by atoms with Crippen molar-refractivity contribution in [2.24, 2.45) is 5.73 Å². The Labute approximate surface area is 121 Å². The lowest BCUT2D eigenvalue weighted by atomic mass is 10.1. The van der Waals surface area contributed by atoms with Crippen LogP contribution >= 0.6 is 0 Å². The highest BCUT2D eigenvalue weighted by atomic mass is 16.5. The molecule has 0 aromatic heterocycles. The van der Waals surface area contributed by atoms with Crippen molar-refractivity contribution in [3.05, 3.63) is 29.3 Å². The van der Waals surface area contributed by atoms with Crippen LogP contribution in [0.15, 0.2) is 18.2 Å². The van der Waals surface area contributed by atoms with E-state index < -0.39 is 0 Å². The molecule has 0 aliphatic carbocycles. The van der Waals surface area contributed by atoms with Crippen molar-refractivity contribution < 1.29 is 9.47 Å². The molecule has 0 atom stereocenters. The first kappa shape index (κ1) is 15.3. The summed E-state index contributed by atoms with van der Waals surface area (Å²) >= 11 is 0. The Morgan fingerprint density at radius 3 is 2.65 bits per heavy atom. The standard InChI is InChI=1S/C16H26N2O2/c1-3-20-15-6-8-18(9-7-15)12-13-4-5-16(19-2)14(10-13)11-17/h4-5,10,15H,3,6-9,11-12,17H2,1-2H3. The van der Waals surface area contributed by atoms with Gasteiger partial charge in [0.15, 0.2) is 0 Å². The molecule has 0 amide bonds. The van der Waals surface area contributed by atoms with Crippen molar-refractivity contribution in [2.45, 2.75) is 39.0 Å². The van der Waals surface area contributed by atoms with Crippen LogP contribution < -0.4 is 10.5 Å². The number of nitrogens with zero attached hydrogens (tertiary/aromatic N) is 1. The zero-order valence-corrected chi connectivity index (χ0v) is 12.6. The molecule has 0 radical (unpaired) electrons. The second kappa shape index (κ2) is 7.62. The molecule has 1 aliphatic rings. The van der Waals surface area contributed by atoms with Gasteiger partial charge in [0.1, 0.15) is 5.75 Å². The number of nitrogens with two attached hydrogens (primary N) is 1. The molecular weight excluding hydrogens is 252 g/mol. The molecule has 1 aromatic carbocycles. The lowest BCUT2D eigenvalue weighted by molar-refractivity contribution is 0.0125. The predicted octanol–water partition coefficient (Wildman–Crippen LogP) is 2.15. The molecule has 4 heteroatoms. The number of rotatable bonds is 6. The van der Waals surface area contributed by atoms with Gasteiger partial charge >= 0.3 is 0 Å². The van der Waals surface area contributed by atoms with Crippen LogP contribution in [0.4, 0.5) is 0 Å². The highest BCUT2D eigenvalue weighted by Gasteiger charge is 2.19. The quantitative estimate of drug-likeness (QED) is 0.866. The minimum atomic E-state index is 0.451. The summed E-state index contributed by atoms with van der Waals surface area (Å²) in [6.07, 6.45) is 2.72. The molecule has 1 aliphatic heterocycles. The van der Waals surface area contributed by atoms with Crippen molar-refractivity contribution in [3.8, 4) is 5.75 Å². The van der Waals surface area contributed by atoms with E-state index in [1.54, 1.807) is 7.11 Å². The molecule has 0 saturated carbocycles. The number of methoxy groups -OCH3 is 1. The maximum atomic E-state index is 5.77. The average Bonchev–Trinajstić information content (AvgIpc) is 2.49. The van der Waals surface area contributed by atoms with Gasteiger partial charge in [0, 0.05) is 38.3 Å². The summed E-state index contributed by atoms with van der Waals surface area (Å²) in [7, 11) is 1.69. The van der Waals surface area contributed by atoms with Crippen LogP contribution in [0.1, 0.15) is 30.9 Å². The highest BCUT2D eigenvalue weighted by molar-refractivity contribution is 5.37. The molecule has 0 spiro atoms. The number of benzene rings is 1. The zero-order chi connectivity index (χ0) is 14.4. The van der Waals surface area contributed by atoms with Gasteiger partial charge in [0.05, 0.1) is 13.2 Å². The number of piperidine rings is 1. The first-order valence-corrected chi connectivity index (χ1v) is 7.46. The van der Waals surface area contributed by atoms with Gasteiger partial charge < -0.3 is 15.2 Å². The van der Waals surface area contributed by atoms with Crippen molar-refractivity contribution >= 4 is 0 Å². The molecule has 2 N–H and O–H groups in total. The van der Waals surface area contributed by atoms with Crippen LogP contribution in [0.5, 0.6) is 5.75 Å². The normalized spacial score (nSPS) is 17.4. The lowest BCUT2D eigenvalue weighted by Crippen LogP contribution is -2.36. The predicted molar refractivity (Wildman–Crippen MR) is 80.8 cm³/mol. The fourth-order valence-corrected chi connectivity index (χ4v) is 2.82. The first-order valence-electron chi connectivity index (χ1n) is 7.46. The van der Waals surface area contributed by atoms with Crippen molar-refractivity contribution in [2.75, 3.05) is 26.8 Å². The number of hydrogen-bond donors (Lipinski definition) is 1. The van der Waals surface area contributed by atoms with E-state index in [2.05, 4.69) is 24.0 Å². The van der Waals surface area contributed by atoms with Gasteiger partial charge in [-0.05, 0) is 37.5 Å². The Balaban J connectivity index is 1.91. The zero-order valence-electron chi connectivity index (χ0n) is 12.6. The second-order valence-electron chi connectivity index (χ2n) is 5.28. The molecule has 4 nitrogen and oxygen atoms in total. The molecule has 1 aromatic rings. The van der Waals surface area contributed by atoms with Gasteiger partial charge in [0.2, 0.25) is 0 Å². The molecule has 1 fully saturated rings. The van der Waals surface area contributed by atoms with Crippen molar-refractivity contribution in [3.63, 3.8) is 0 Å². The lowest BCUT2D eigenvalue weighted by Gasteiger charge is -2.31. The Morgan fingerprint density at radius 2 is 2.05 bits per heavy atom. The average molecular weight is 278 g/mol. The Morgan fingerprint density at radius 1 is 1.30 bits per heavy atom.